The smallest absolute Gasteiger partial charge is 0.175 e. The summed E-state index contributed by atoms with van der Waals surface area (Å²) in [6.45, 7) is 1.50. The molecule has 5 heteroatoms. The Hall–Kier alpha value is -1.62. The number of fused-ring (bicyclic) bond motifs is 1. The fraction of sp³-hybridized carbons (Fsp3) is 0.250. The molecule has 0 spiro atoms. The summed E-state index contributed by atoms with van der Waals surface area (Å²) in [7, 11) is -1.43. The first-order chi connectivity index (χ1) is 7.80. The lowest BCUT2D eigenvalue weighted by Gasteiger charge is -2.00. The van der Waals surface area contributed by atoms with Gasteiger partial charge in [-0.05, 0) is 19.1 Å². The van der Waals surface area contributed by atoms with Crippen molar-refractivity contribution in [2.24, 2.45) is 7.05 Å². The highest BCUT2D eigenvalue weighted by molar-refractivity contribution is 7.90. The van der Waals surface area contributed by atoms with E-state index < -0.39 is 9.84 Å². The number of sulfone groups is 1. The number of Topliss-reactive ketones (excluding diaryl/α,β-unsaturated/α-hetero) is 1. The second-order valence-corrected chi connectivity index (χ2v) is 6.18. The molecule has 0 unspecified atom stereocenters. The second kappa shape index (κ2) is 3.70. The van der Waals surface area contributed by atoms with Gasteiger partial charge in [0.1, 0.15) is 0 Å². The van der Waals surface area contributed by atoms with E-state index in [4.69, 9.17) is 0 Å². The van der Waals surface area contributed by atoms with Crippen LogP contribution in [0.4, 0.5) is 0 Å². The number of hydrogen-bond acceptors (Lipinski definition) is 3. The Morgan fingerprint density at radius 1 is 1.29 bits per heavy atom. The quantitative estimate of drug-likeness (QED) is 0.764. The van der Waals surface area contributed by atoms with E-state index in [-0.39, 0.29) is 10.7 Å². The van der Waals surface area contributed by atoms with Crippen molar-refractivity contribution in [3.8, 4) is 0 Å². The van der Waals surface area contributed by atoms with Crippen molar-refractivity contribution >= 4 is 26.5 Å². The highest BCUT2D eigenvalue weighted by Gasteiger charge is 2.13. The normalized spacial score (nSPS) is 11.9. The molecule has 0 fully saturated rings. The second-order valence-electron chi connectivity index (χ2n) is 4.16. The molecule has 0 saturated carbocycles. The molecule has 0 aliphatic heterocycles. The highest BCUT2D eigenvalue weighted by atomic mass is 32.2. The molecule has 1 heterocycles. The van der Waals surface area contributed by atoms with Gasteiger partial charge >= 0.3 is 0 Å². The fourth-order valence-electron chi connectivity index (χ4n) is 1.87. The third kappa shape index (κ3) is 1.98. The van der Waals surface area contributed by atoms with Crippen LogP contribution in [0.15, 0.2) is 29.3 Å². The van der Waals surface area contributed by atoms with Gasteiger partial charge in [-0.25, -0.2) is 8.42 Å². The summed E-state index contributed by atoms with van der Waals surface area (Å²) in [6.07, 6.45) is 2.89. The van der Waals surface area contributed by atoms with Gasteiger partial charge in [0.25, 0.3) is 0 Å². The zero-order chi connectivity index (χ0) is 12.8. The summed E-state index contributed by atoms with van der Waals surface area (Å²) in [5.41, 5.74) is 1.36. The number of carbonyl (C=O) groups is 1. The van der Waals surface area contributed by atoms with Crippen molar-refractivity contribution in [1.82, 2.24) is 4.57 Å². The third-order valence-electron chi connectivity index (χ3n) is 2.77. The van der Waals surface area contributed by atoms with Crippen molar-refractivity contribution in [2.45, 2.75) is 11.8 Å². The van der Waals surface area contributed by atoms with E-state index in [0.717, 1.165) is 10.9 Å². The van der Waals surface area contributed by atoms with E-state index in [1.54, 1.807) is 29.9 Å². The van der Waals surface area contributed by atoms with Crippen molar-refractivity contribution in [3.05, 3.63) is 30.0 Å². The van der Waals surface area contributed by atoms with Crippen molar-refractivity contribution in [3.63, 3.8) is 0 Å². The minimum absolute atomic E-state index is 0.0253. The van der Waals surface area contributed by atoms with Gasteiger partial charge in [-0.15, -0.1) is 0 Å². The number of ketones is 1. The van der Waals surface area contributed by atoms with Crippen molar-refractivity contribution in [1.29, 1.82) is 0 Å². The number of benzene rings is 1. The maximum atomic E-state index is 11.5. The first kappa shape index (κ1) is 11.9. The van der Waals surface area contributed by atoms with Gasteiger partial charge in [0.2, 0.25) is 0 Å². The molecule has 0 saturated heterocycles. The molecular formula is C12H13NO3S. The Balaban J connectivity index is 2.81. The number of aryl methyl sites for hydroxylation is 1. The minimum Gasteiger partial charge on any atom is -0.350 e. The summed E-state index contributed by atoms with van der Waals surface area (Å²) >= 11 is 0. The maximum Gasteiger partial charge on any atom is 0.175 e. The van der Waals surface area contributed by atoms with Gasteiger partial charge in [0, 0.05) is 36.0 Å². The van der Waals surface area contributed by atoms with Crippen LogP contribution in [0.3, 0.4) is 0 Å². The largest absolute Gasteiger partial charge is 0.350 e. The highest BCUT2D eigenvalue weighted by Crippen LogP contribution is 2.24. The van der Waals surface area contributed by atoms with Gasteiger partial charge in [-0.3, -0.25) is 4.79 Å². The molecule has 2 aromatic rings. The van der Waals surface area contributed by atoms with E-state index in [1.807, 2.05) is 0 Å². The van der Waals surface area contributed by atoms with Crippen LogP contribution < -0.4 is 0 Å². The van der Waals surface area contributed by atoms with E-state index in [1.165, 1.54) is 19.2 Å². The predicted octanol–water partition coefficient (Wildman–Crippen LogP) is 1.78. The monoisotopic (exact) mass is 251 g/mol. The first-order valence-corrected chi connectivity index (χ1v) is 7.00. The van der Waals surface area contributed by atoms with Gasteiger partial charge in [-0.1, -0.05) is 6.07 Å². The van der Waals surface area contributed by atoms with Crippen molar-refractivity contribution < 1.29 is 13.2 Å². The lowest BCUT2D eigenvalue weighted by molar-refractivity contribution is 0.101. The standard InChI is InChI=1S/C12H13NO3S/c1-8(14)11-7-13(2)12-6-9(17(3,15)16)4-5-10(11)12/h4-7H,1-3H3. The average molecular weight is 251 g/mol. The summed E-state index contributed by atoms with van der Waals surface area (Å²) in [5.74, 6) is -0.0253. The van der Waals surface area contributed by atoms with Crippen LogP contribution in [-0.2, 0) is 16.9 Å². The molecule has 0 aliphatic carbocycles. The van der Waals surface area contributed by atoms with Crippen LogP contribution in [0.25, 0.3) is 10.9 Å². The SMILES string of the molecule is CC(=O)c1cn(C)c2cc(S(C)(=O)=O)ccc12. The molecule has 0 bridgehead atoms. The molecule has 0 aliphatic rings. The first-order valence-electron chi connectivity index (χ1n) is 5.11. The van der Waals surface area contributed by atoms with Gasteiger partial charge < -0.3 is 4.57 Å². The molecule has 1 aromatic carbocycles. The number of hydrogen-bond donors (Lipinski definition) is 0. The van der Waals surface area contributed by atoms with Crippen molar-refractivity contribution in [2.75, 3.05) is 6.26 Å². The average Bonchev–Trinajstić information content (AvgIpc) is 2.55. The summed E-state index contributed by atoms with van der Waals surface area (Å²) in [5, 5.41) is 0.785. The fourth-order valence-corrected chi connectivity index (χ4v) is 2.52. The molecular weight excluding hydrogens is 238 g/mol. The van der Waals surface area contributed by atoms with Gasteiger partial charge in [0.05, 0.1) is 4.90 Å². The minimum atomic E-state index is -3.22. The Bertz CT molecular complexity index is 711. The number of nitrogens with zero attached hydrogens (tertiary/aromatic N) is 1. The lowest BCUT2D eigenvalue weighted by Crippen LogP contribution is -1.97. The van der Waals surface area contributed by atoms with Crippen LogP contribution in [0.5, 0.6) is 0 Å². The maximum absolute atomic E-state index is 11.5. The number of carbonyl (C=O) groups excluding carboxylic acids is 1. The summed E-state index contributed by atoms with van der Waals surface area (Å²) in [4.78, 5) is 11.7. The molecule has 4 nitrogen and oxygen atoms in total. The van der Waals surface area contributed by atoms with Crippen LogP contribution >= 0.6 is 0 Å². The predicted molar refractivity (Wildman–Crippen MR) is 66.0 cm³/mol. The zero-order valence-electron chi connectivity index (χ0n) is 9.89. The number of rotatable bonds is 2. The Morgan fingerprint density at radius 2 is 1.94 bits per heavy atom. The zero-order valence-corrected chi connectivity index (χ0v) is 10.7. The molecule has 1 aromatic heterocycles. The topological polar surface area (TPSA) is 56.1 Å². The molecule has 0 amide bonds. The van der Waals surface area contributed by atoms with Crippen LogP contribution in [0.1, 0.15) is 17.3 Å². The number of aromatic nitrogens is 1. The molecule has 0 atom stereocenters. The van der Waals surface area contributed by atoms with E-state index >= 15 is 0 Å². The molecule has 2 rings (SSSR count). The van der Waals surface area contributed by atoms with E-state index in [9.17, 15) is 13.2 Å². The molecule has 17 heavy (non-hydrogen) atoms. The lowest BCUT2D eigenvalue weighted by atomic mass is 10.1. The molecule has 90 valence electrons. The van der Waals surface area contributed by atoms with E-state index in [0.29, 0.717) is 5.56 Å². The molecule has 0 N–H and O–H groups in total. The summed E-state index contributed by atoms with van der Waals surface area (Å²) in [6, 6.07) is 4.81. The van der Waals surface area contributed by atoms with Crippen LogP contribution in [-0.4, -0.2) is 25.0 Å². The Kier molecular flexibility index (Phi) is 2.58. The summed E-state index contributed by atoms with van der Waals surface area (Å²) < 4.78 is 24.7. The Morgan fingerprint density at radius 3 is 2.47 bits per heavy atom. The van der Waals surface area contributed by atoms with Crippen LogP contribution in [0, 0.1) is 0 Å². The van der Waals surface area contributed by atoms with E-state index in [2.05, 4.69) is 0 Å². The Labute approximate surface area is 99.8 Å². The van der Waals surface area contributed by atoms with Gasteiger partial charge in [-0.2, -0.15) is 0 Å². The third-order valence-corrected chi connectivity index (χ3v) is 3.88. The van der Waals surface area contributed by atoms with Gasteiger partial charge in [0.15, 0.2) is 15.6 Å². The van der Waals surface area contributed by atoms with Crippen LogP contribution in [0.2, 0.25) is 0 Å². The molecule has 0 radical (unpaired) electrons.